The summed E-state index contributed by atoms with van der Waals surface area (Å²) < 4.78 is 15.7. The Balaban J connectivity index is 1.75. The van der Waals surface area contributed by atoms with Crippen LogP contribution < -0.4 is 0 Å². The van der Waals surface area contributed by atoms with Crippen molar-refractivity contribution in [2.75, 3.05) is 13.7 Å². The molecule has 1 aliphatic heterocycles. The van der Waals surface area contributed by atoms with Gasteiger partial charge in [-0.1, -0.05) is 0 Å². The first-order valence-electron chi connectivity index (χ1n) is 5.04. The number of hydrogen-bond donors (Lipinski definition) is 0. The van der Waals surface area contributed by atoms with Crippen LogP contribution >= 0.6 is 0 Å². The maximum atomic E-state index is 10.6. The van der Waals surface area contributed by atoms with Gasteiger partial charge in [-0.3, -0.25) is 4.79 Å². The number of rotatable bonds is 4. The molecule has 0 aromatic heterocycles. The third-order valence-corrected chi connectivity index (χ3v) is 2.98. The molecule has 2 aliphatic rings. The molecule has 14 heavy (non-hydrogen) atoms. The molecule has 4 nitrogen and oxygen atoms in total. The molecule has 1 aliphatic carbocycles. The van der Waals surface area contributed by atoms with Crippen LogP contribution in [0, 0.1) is 11.8 Å². The first-order chi connectivity index (χ1) is 6.72. The normalized spacial score (nSPS) is 39.3. The number of esters is 1. The lowest BCUT2D eigenvalue weighted by atomic mass is 10.0. The van der Waals surface area contributed by atoms with Crippen LogP contribution in [0.4, 0.5) is 0 Å². The molecule has 2 fully saturated rings. The van der Waals surface area contributed by atoms with Gasteiger partial charge in [-0.15, -0.1) is 0 Å². The molecule has 1 heterocycles. The van der Waals surface area contributed by atoms with E-state index in [0.29, 0.717) is 24.5 Å². The van der Waals surface area contributed by atoms with Crippen molar-refractivity contribution in [3.8, 4) is 0 Å². The molecule has 0 unspecified atom stereocenters. The van der Waals surface area contributed by atoms with Gasteiger partial charge in [-0.05, 0) is 18.8 Å². The van der Waals surface area contributed by atoms with Crippen LogP contribution in [0.3, 0.4) is 0 Å². The number of carbonyl (C=O) groups is 1. The number of methoxy groups -OCH3 is 1. The molecule has 0 spiro atoms. The Morgan fingerprint density at radius 2 is 2.36 bits per heavy atom. The second kappa shape index (κ2) is 3.87. The Hall–Kier alpha value is -0.610. The Morgan fingerprint density at radius 1 is 1.57 bits per heavy atom. The number of ether oxygens (including phenoxy) is 3. The predicted molar refractivity (Wildman–Crippen MR) is 48.5 cm³/mol. The van der Waals surface area contributed by atoms with E-state index >= 15 is 0 Å². The quantitative estimate of drug-likeness (QED) is 0.634. The molecule has 1 saturated carbocycles. The van der Waals surface area contributed by atoms with Gasteiger partial charge in [0.25, 0.3) is 0 Å². The van der Waals surface area contributed by atoms with E-state index in [1.165, 1.54) is 6.92 Å². The van der Waals surface area contributed by atoms with Crippen molar-refractivity contribution < 1.29 is 19.0 Å². The van der Waals surface area contributed by atoms with Gasteiger partial charge in [-0.2, -0.15) is 0 Å². The van der Waals surface area contributed by atoms with Crippen LogP contribution in [0.15, 0.2) is 0 Å². The van der Waals surface area contributed by atoms with E-state index < -0.39 is 0 Å². The van der Waals surface area contributed by atoms with Gasteiger partial charge in [0.2, 0.25) is 0 Å². The zero-order valence-corrected chi connectivity index (χ0v) is 8.56. The van der Waals surface area contributed by atoms with Crippen LogP contribution in [0.2, 0.25) is 0 Å². The number of carbonyl (C=O) groups excluding carboxylic acids is 1. The molecule has 0 N–H and O–H groups in total. The van der Waals surface area contributed by atoms with E-state index in [9.17, 15) is 4.79 Å². The van der Waals surface area contributed by atoms with Gasteiger partial charge in [0.05, 0.1) is 12.7 Å². The summed E-state index contributed by atoms with van der Waals surface area (Å²) in [4.78, 5) is 10.6. The lowest BCUT2D eigenvalue weighted by Crippen LogP contribution is -2.23. The molecular weight excluding hydrogens is 184 g/mol. The lowest BCUT2D eigenvalue weighted by molar-refractivity contribution is -0.147. The zero-order chi connectivity index (χ0) is 10.1. The number of hydrogen-bond acceptors (Lipinski definition) is 4. The molecule has 4 atom stereocenters. The topological polar surface area (TPSA) is 44.8 Å². The van der Waals surface area contributed by atoms with E-state index in [-0.39, 0.29) is 12.3 Å². The van der Waals surface area contributed by atoms with Crippen molar-refractivity contribution in [2.45, 2.75) is 32.2 Å². The number of fused-ring (bicyclic) bond motifs is 1. The van der Waals surface area contributed by atoms with Gasteiger partial charge in [0.1, 0.15) is 0 Å². The van der Waals surface area contributed by atoms with Crippen LogP contribution in [-0.2, 0) is 19.0 Å². The van der Waals surface area contributed by atoms with Crippen molar-refractivity contribution in [1.29, 1.82) is 0 Å². The van der Waals surface area contributed by atoms with Gasteiger partial charge >= 0.3 is 5.97 Å². The van der Waals surface area contributed by atoms with Crippen LogP contribution in [-0.4, -0.2) is 32.1 Å². The summed E-state index contributed by atoms with van der Waals surface area (Å²) in [7, 11) is 1.66. The summed E-state index contributed by atoms with van der Waals surface area (Å²) in [5, 5.41) is 0. The van der Waals surface area contributed by atoms with Crippen molar-refractivity contribution in [1.82, 2.24) is 0 Å². The maximum Gasteiger partial charge on any atom is 0.302 e. The van der Waals surface area contributed by atoms with Crippen LogP contribution in [0.1, 0.15) is 19.8 Å². The first-order valence-corrected chi connectivity index (χ1v) is 5.04. The smallest absolute Gasteiger partial charge is 0.302 e. The Kier molecular flexibility index (Phi) is 2.74. The summed E-state index contributed by atoms with van der Waals surface area (Å²) in [6, 6.07) is 0. The highest BCUT2D eigenvalue weighted by Crippen LogP contribution is 2.51. The highest BCUT2D eigenvalue weighted by Gasteiger charge is 2.54. The molecule has 0 aromatic carbocycles. The molecule has 0 bridgehead atoms. The predicted octanol–water partition coefficient (Wildman–Crippen LogP) is 0.947. The van der Waals surface area contributed by atoms with E-state index in [1.54, 1.807) is 7.11 Å². The van der Waals surface area contributed by atoms with Crippen molar-refractivity contribution in [3.63, 3.8) is 0 Å². The van der Waals surface area contributed by atoms with E-state index in [2.05, 4.69) is 0 Å². The third kappa shape index (κ3) is 1.91. The minimum atomic E-state index is -0.217. The van der Waals surface area contributed by atoms with E-state index in [1.807, 2.05) is 0 Å². The Labute approximate surface area is 83.5 Å². The zero-order valence-electron chi connectivity index (χ0n) is 8.56. The van der Waals surface area contributed by atoms with Gasteiger partial charge in [0.15, 0.2) is 6.29 Å². The minimum absolute atomic E-state index is 0.0886. The average molecular weight is 200 g/mol. The third-order valence-electron chi connectivity index (χ3n) is 2.98. The summed E-state index contributed by atoms with van der Waals surface area (Å²) in [5.41, 5.74) is 0. The SMILES string of the molecule is CO[C@@H]1O[C@@H]2C[C@@H]2[C@H]1CCOC(C)=O. The monoisotopic (exact) mass is 200 g/mol. The fourth-order valence-corrected chi connectivity index (χ4v) is 2.19. The Morgan fingerprint density at radius 3 is 3.00 bits per heavy atom. The molecule has 2 rings (SSSR count). The van der Waals surface area contributed by atoms with Crippen LogP contribution in [0.25, 0.3) is 0 Å². The summed E-state index contributed by atoms with van der Waals surface area (Å²) in [5.74, 6) is 0.824. The lowest BCUT2D eigenvalue weighted by Gasteiger charge is -2.19. The maximum absolute atomic E-state index is 10.6. The molecule has 1 saturated heterocycles. The fourth-order valence-electron chi connectivity index (χ4n) is 2.19. The second-order valence-corrected chi connectivity index (χ2v) is 3.97. The minimum Gasteiger partial charge on any atom is -0.466 e. The highest BCUT2D eigenvalue weighted by molar-refractivity contribution is 5.65. The Bertz CT molecular complexity index is 228. The molecule has 0 amide bonds. The standard InChI is InChI=1S/C10H16O4/c1-6(11)13-4-3-7-8-5-9(8)14-10(7)12-2/h7-10H,3-5H2,1-2H3/t7-,8-,9-,10-/m1/s1. The van der Waals surface area contributed by atoms with Gasteiger partial charge < -0.3 is 14.2 Å². The first kappa shape index (κ1) is 9.93. The van der Waals surface area contributed by atoms with Gasteiger partial charge in [0, 0.05) is 20.0 Å². The highest BCUT2D eigenvalue weighted by atomic mass is 16.7. The van der Waals surface area contributed by atoms with Crippen LogP contribution in [0.5, 0.6) is 0 Å². The molecule has 4 heteroatoms. The molecule has 0 aromatic rings. The van der Waals surface area contributed by atoms with Crippen molar-refractivity contribution in [3.05, 3.63) is 0 Å². The average Bonchev–Trinajstić information content (AvgIpc) is 2.82. The summed E-state index contributed by atoms with van der Waals surface area (Å²) >= 11 is 0. The fraction of sp³-hybridized carbons (Fsp3) is 0.900. The van der Waals surface area contributed by atoms with Crippen molar-refractivity contribution in [2.24, 2.45) is 11.8 Å². The van der Waals surface area contributed by atoms with E-state index in [0.717, 1.165) is 12.8 Å². The van der Waals surface area contributed by atoms with E-state index in [4.69, 9.17) is 14.2 Å². The molecule has 0 radical (unpaired) electrons. The summed E-state index contributed by atoms with van der Waals surface area (Å²) in [6.07, 6.45) is 2.31. The second-order valence-electron chi connectivity index (χ2n) is 3.97. The summed E-state index contributed by atoms with van der Waals surface area (Å²) in [6.45, 7) is 1.91. The molecule has 80 valence electrons. The largest absolute Gasteiger partial charge is 0.466 e. The molecular formula is C10H16O4. The van der Waals surface area contributed by atoms with Crippen molar-refractivity contribution >= 4 is 5.97 Å². The van der Waals surface area contributed by atoms with Gasteiger partial charge in [-0.25, -0.2) is 0 Å².